The van der Waals surface area contributed by atoms with Crippen LogP contribution in [0.3, 0.4) is 0 Å². The third-order valence-electron chi connectivity index (χ3n) is 1.13. The lowest BCUT2D eigenvalue weighted by Crippen LogP contribution is -2.06. The minimum Gasteiger partial charge on any atom is -0.488 e. The minimum atomic E-state index is 0.0932. The van der Waals surface area contributed by atoms with Crippen molar-refractivity contribution in [2.75, 3.05) is 0 Å². The minimum absolute atomic E-state index is 0.0932. The van der Waals surface area contributed by atoms with Crippen molar-refractivity contribution >= 4 is 6.29 Å². The number of hydrogen-bond donors (Lipinski definition) is 0. The summed E-state index contributed by atoms with van der Waals surface area (Å²) in [6.45, 7) is 3.82. The Morgan fingerprint density at radius 3 is 2.42 bits per heavy atom. The van der Waals surface area contributed by atoms with Crippen LogP contribution in [0.5, 0.6) is 5.75 Å². The zero-order valence-electron chi connectivity index (χ0n) is 7.02. The summed E-state index contributed by atoms with van der Waals surface area (Å²) in [6, 6.07) is 0. The van der Waals surface area contributed by atoms with E-state index >= 15 is 0 Å². The molecule has 1 aromatic heterocycles. The number of nitrogens with zero attached hydrogens (tertiary/aromatic N) is 2. The van der Waals surface area contributed by atoms with Gasteiger partial charge in [-0.25, -0.2) is 9.97 Å². The first-order chi connectivity index (χ1) is 5.72. The number of aldehydes is 1. The molecule has 12 heavy (non-hydrogen) atoms. The highest BCUT2D eigenvalue weighted by atomic mass is 16.5. The van der Waals surface area contributed by atoms with Gasteiger partial charge in [-0.1, -0.05) is 0 Å². The Labute approximate surface area is 70.6 Å². The second kappa shape index (κ2) is 3.80. The van der Waals surface area contributed by atoms with Crippen molar-refractivity contribution in [3.8, 4) is 5.75 Å². The molecule has 4 nitrogen and oxygen atoms in total. The van der Waals surface area contributed by atoms with Crippen LogP contribution in [0.2, 0.25) is 0 Å². The first-order valence-electron chi connectivity index (χ1n) is 3.66. The van der Waals surface area contributed by atoms with Crippen LogP contribution in [-0.2, 0) is 0 Å². The van der Waals surface area contributed by atoms with Gasteiger partial charge in [0.2, 0.25) is 0 Å². The molecule has 0 saturated carbocycles. The molecule has 1 heterocycles. The van der Waals surface area contributed by atoms with E-state index in [9.17, 15) is 4.79 Å². The Morgan fingerprint density at radius 2 is 2.00 bits per heavy atom. The first kappa shape index (κ1) is 8.64. The van der Waals surface area contributed by atoms with E-state index in [1.807, 2.05) is 13.8 Å². The van der Waals surface area contributed by atoms with Crippen molar-refractivity contribution in [3.05, 3.63) is 18.2 Å². The van der Waals surface area contributed by atoms with Crippen LogP contribution in [0.4, 0.5) is 0 Å². The molecule has 0 fully saturated rings. The van der Waals surface area contributed by atoms with Gasteiger partial charge >= 0.3 is 0 Å². The lowest BCUT2D eigenvalue weighted by molar-refractivity contribution is 0.111. The monoisotopic (exact) mass is 166 g/mol. The molecule has 0 N–H and O–H groups in total. The summed E-state index contributed by atoms with van der Waals surface area (Å²) in [4.78, 5) is 17.7. The highest BCUT2D eigenvalue weighted by Gasteiger charge is 1.98. The summed E-state index contributed by atoms with van der Waals surface area (Å²) in [6.07, 6.45) is 3.66. The number of ether oxygens (including phenoxy) is 1. The van der Waals surface area contributed by atoms with E-state index in [-0.39, 0.29) is 11.9 Å². The zero-order chi connectivity index (χ0) is 8.97. The second-order valence-corrected chi connectivity index (χ2v) is 2.56. The van der Waals surface area contributed by atoms with Crippen molar-refractivity contribution in [2.24, 2.45) is 0 Å². The van der Waals surface area contributed by atoms with Gasteiger partial charge < -0.3 is 4.74 Å². The Bertz CT molecular complexity index is 256. The fraction of sp³-hybridized carbons (Fsp3) is 0.375. The molecule has 0 spiro atoms. The zero-order valence-corrected chi connectivity index (χ0v) is 7.02. The Kier molecular flexibility index (Phi) is 2.74. The molecular weight excluding hydrogens is 156 g/mol. The van der Waals surface area contributed by atoms with Crippen LogP contribution in [-0.4, -0.2) is 22.4 Å². The van der Waals surface area contributed by atoms with E-state index in [4.69, 9.17) is 4.74 Å². The van der Waals surface area contributed by atoms with Crippen molar-refractivity contribution in [2.45, 2.75) is 20.0 Å². The van der Waals surface area contributed by atoms with Crippen molar-refractivity contribution in [1.29, 1.82) is 0 Å². The van der Waals surface area contributed by atoms with Gasteiger partial charge in [0.15, 0.2) is 17.9 Å². The van der Waals surface area contributed by atoms with Crippen LogP contribution < -0.4 is 4.74 Å². The summed E-state index contributed by atoms with van der Waals surface area (Å²) in [5, 5.41) is 0. The van der Waals surface area contributed by atoms with Crippen LogP contribution in [0.1, 0.15) is 24.5 Å². The highest BCUT2D eigenvalue weighted by Crippen LogP contribution is 2.07. The molecule has 0 radical (unpaired) electrons. The SMILES string of the molecule is CC(C)Oc1cnc(C=O)nc1. The van der Waals surface area contributed by atoms with E-state index in [0.717, 1.165) is 0 Å². The van der Waals surface area contributed by atoms with Crippen LogP contribution in [0.15, 0.2) is 12.4 Å². The van der Waals surface area contributed by atoms with E-state index in [0.29, 0.717) is 12.0 Å². The average molecular weight is 166 g/mol. The average Bonchev–Trinajstić information content (AvgIpc) is 2.05. The van der Waals surface area contributed by atoms with Crippen LogP contribution in [0, 0.1) is 0 Å². The summed E-state index contributed by atoms with van der Waals surface area (Å²) in [7, 11) is 0. The maximum atomic E-state index is 10.2. The van der Waals surface area contributed by atoms with E-state index < -0.39 is 0 Å². The molecule has 4 heteroatoms. The fourth-order valence-corrected chi connectivity index (χ4v) is 0.720. The lowest BCUT2D eigenvalue weighted by Gasteiger charge is -2.07. The predicted molar refractivity (Wildman–Crippen MR) is 43.2 cm³/mol. The number of carbonyl (C=O) groups excluding carboxylic acids is 1. The van der Waals surface area contributed by atoms with E-state index in [2.05, 4.69) is 9.97 Å². The van der Waals surface area contributed by atoms with Gasteiger partial charge in [0.1, 0.15) is 0 Å². The van der Waals surface area contributed by atoms with Crippen molar-refractivity contribution < 1.29 is 9.53 Å². The lowest BCUT2D eigenvalue weighted by atomic mass is 10.4. The summed E-state index contributed by atoms with van der Waals surface area (Å²) in [5.74, 6) is 0.752. The molecule has 0 amide bonds. The van der Waals surface area contributed by atoms with Gasteiger partial charge in [-0.3, -0.25) is 4.79 Å². The van der Waals surface area contributed by atoms with Gasteiger partial charge in [0.25, 0.3) is 0 Å². The van der Waals surface area contributed by atoms with Crippen LogP contribution in [0.25, 0.3) is 0 Å². The Balaban J connectivity index is 2.71. The maximum absolute atomic E-state index is 10.2. The molecule has 0 bridgehead atoms. The summed E-state index contributed by atoms with van der Waals surface area (Å²) >= 11 is 0. The number of hydrogen-bond acceptors (Lipinski definition) is 4. The van der Waals surface area contributed by atoms with Gasteiger partial charge in [0, 0.05) is 0 Å². The molecule has 0 aliphatic rings. The van der Waals surface area contributed by atoms with Crippen LogP contribution >= 0.6 is 0 Å². The highest BCUT2D eigenvalue weighted by molar-refractivity contribution is 5.68. The molecule has 64 valence electrons. The topological polar surface area (TPSA) is 52.1 Å². The number of aromatic nitrogens is 2. The van der Waals surface area contributed by atoms with Gasteiger partial charge in [0.05, 0.1) is 18.5 Å². The number of rotatable bonds is 3. The number of carbonyl (C=O) groups is 1. The molecular formula is C8H10N2O2. The summed E-state index contributed by atoms with van der Waals surface area (Å²) < 4.78 is 5.27. The fourth-order valence-electron chi connectivity index (χ4n) is 0.720. The third kappa shape index (κ3) is 2.30. The molecule has 1 aromatic rings. The van der Waals surface area contributed by atoms with E-state index in [1.165, 1.54) is 12.4 Å². The Morgan fingerprint density at radius 1 is 1.42 bits per heavy atom. The van der Waals surface area contributed by atoms with Crippen molar-refractivity contribution in [3.63, 3.8) is 0 Å². The van der Waals surface area contributed by atoms with Crippen molar-refractivity contribution in [1.82, 2.24) is 9.97 Å². The molecule has 0 aliphatic heterocycles. The summed E-state index contributed by atoms with van der Waals surface area (Å²) in [5.41, 5.74) is 0. The van der Waals surface area contributed by atoms with Gasteiger partial charge in [-0.15, -0.1) is 0 Å². The van der Waals surface area contributed by atoms with Gasteiger partial charge in [-0.2, -0.15) is 0 Å². The molecule has 0 aliphatic carbocycles. The van der Waals surface area contributed by atoms with E-state index in [1.54, 1.807) is 0 Å². The maximum Gasteiger partial charge on any atom is 0.192 e. The largest absolute Gasteiger partial charge is 0.488 e. The third-order valence-corrected chi connectivity index (χ3v) is 1.13. The van der Waals surface area contributed by atoms with Gasteiger partial charge in [-0.05, 0) is 13.8 Å². The molecule has 1 rings (SSSR count). The predicted octanol–water partition coefficient (Wildman–Crippen LogP) is 1.08. The standard InChI is InChI=1S/C8H10N2O2/c1-6(2)12-7-3-9-8(5-11)10-4-7/h3-6H,1-2H3. The normalized spacial score (nSPS) is 9.92. The second-order valence-electron chi connectivity index (χ2n) is 2.56. The quantitative estimate of drug-likeness (QED) is 0.630. The molecule has 0 unspecified atom stereocenters. The smallest absolute Gasteiger partial charge is 0.192 e. The Hall–Kier alpha value is -1.45. The molecule has 0 aromatic carbocycles. The molecule has 0 saturated heterocycles. The molecule has 0 atom stereocenters. The first-order valence-corrected chi connectivity index (χ1v) is 3.66.